The van der Waals surface area contributed by atoms with Gasteiger partial charge in [-0.25, -0.2) is 4.79 Å². The molecule has 7 nitrogen and oxygen atoms in total. The number of hydrogen-bond acceptors (Lipinski definition) is 6. The number of nitriles is 1. The first kappa shape index (κ1) is 22.2. The molecule has 3 amide bonds. The van der Waals surface area contributed by atoms with E-state index in [0.29, 0.717) is 22.7 Å². The van der Waals surface area contributed by atoms with Crippen molar-refractivity contribution in [3.8, 4) is 17.6 Å². The summed E-state index contributed by atoms with van der Waals surface area (Å²) in [4.78, 5) is 30.2. The molecule has 2 heterocycles. The summed E-state index contributed by atoms with van der Waals surface area (Å²) in [5.41, 5.74) is 2.76. The Labute approximate surface area is 202 Å². The molecule has 1 unspecified atom stereocenters. The van der Waals surface area contributed by atoms with Gasteiger partial charge >= 0.3 is 11.9 Å². The lowest BCUT2D eigenvalue weighted by atomic mass is 9.88. The van der Waals surface area contributed by atoms with Crippen LogP contribution in [0.25, 0.3) is 0 Å². The zero-order chi connectivity index (χ0) is 23.8. The highest BCUT2D eigenvalue weighted by atomic mass is 32.2. The summed E-state index contributed by atoms with van der Waals surface area (Å²) in [5, 5.41) is 10.3. The van der Waals surface area contributed by atoms with Crippen LogP contribution in [0.15, 0.2) is 52.9 Å². The minimum atomic E-state index is -0.487. The topological polar surface area (TPSA) is 82.6 Å². The summed E-state index contributed by atoms with van der Waals surface area (Å²) in [6.45, 7) is 0.213. The molecule has 0 fully saturated rings. The molecule has 0 saturated heterocycles. The van der Waals surface area contributed by atoms with Gasteiger partial charge in [0.1, 0.15) is 12.3 Å². The first-order chi connectivity index (χ1) is 16.6. The minimum Gasteiger partial charge on any atom is -0.497 e. The lowest BCUT2D eigenvalue weighted by Gasteiger charge is -2.27. The number of methoxy groups -OCH3 is 2. The highest BCUT2D eigenvalue weighted by Gasteiger charge is 2.55. The maximum absolute atomic E-state index is 13.9. The second kappa shape index (κ2) is 8.99. The molecule has 2 aromatic rings. The standard InChI is InChI=1S/C26H24N3O4S/c1-32-18-11-12-20(21(13-18)33-2)29-24(30)23-19-9-5-6-10-22(19)34-25(23)28(26(29)31)15-17-8-4-3-7-16(17)14-27/h3-4,7-8,11-13,23H,5-6,9-10,15H2,1-2H3/q+1. The third-order valence-corrected chi connectivity index (χ3v) is 7.91. The van der Waals surface area contributed by atoms with E-state index in [1.165, 1.54) is 16.9 Å². The number of amides is 3. The van der Waals surface area contributed by atoms with E-state index in [-0.39, 0.29) is 12.5 Å². The number of carbonyl (C=O) groups excluding carboxylic acids is 2. The molecule has 5 rings (SSSR count). The Hall–Kier alpha value is -3.57. The number of allylic oxidation sites excluding steroid dienone is 1. The summed E-state index contributed by atoms with van der Waals surface area (Å²) in [6, 6.07) is 14.1. The van der Waals surface area contributed by atoms with Crippen molar-refractivity contribution < 1.29 is 23.6 Å². The van der Waals surface area contributed by atoms with Crippen LogP contribution in [0.1, 0.15) is 36.8 Å². The maximum Gasteiger partial charge on any atom is 0.507 e. The first-order valence-corrected chi connectivity index (χ1v) is 12.0. The highest BCUT2D eigenvalue weighted by Crippen LogP contribution is 2.49. The molecule has 0 bridgehead atoms. The van der Waals surface area contributed by atoms with E-state index in [0.717, 1.165) is 41.9 Å². The van der Waals surface area contributed by atoms with Crippen LogP contribution < -0.4 is 14.4 Å². The van der Waals surface area contributed by atoms with E-state index in [2.05, 4.69) is 6.07 Å². The molecule has 0 spiro atoms. The third-order valence-electron chi connectivity index (χ3n) is 6.53. The number of carbonyl (C=O) groups is 2. The van der Waals surface area contributed by atoms with Gasteiger partial charge in [-0.2, -0.15) is 14.6 Å². The van der Waals surface area contributed by atoms with Gasteiger partial charge in [-0.3, -0.25) is 0 Å². The zero-order valence-corrected chi connectivity index (χ0v) is 19.9. The molecule has 0 saturated carbocycles. The fourth-order valence-corrected chi connectivity index (χ4v) is 6.30. The van der Waals surface area contributed by atoms with Crippen LogP contribution in [0, 0.1) is 17.2 Å². The summed E-state index contributed by atoms with van der Waals surface area (Å²) in [5.74, 6) is 0.204. The number of benzene rings is 2. The van der Waals surface area contributed by atoms with Crippen LogP contribution in [-0.4, -0.2) is 35.8 Å². The average Bonchev–Trinajstić information content (AvgIpc) is 3.26. The monoisotopic (exact) mass is 474 g/mol. The second-order valence-corrected chi connectivity index (χ2v) is 9.49. The van der Waals surface area contributed by atoms with Crippen LogP contribution in [0.2, 0.25) is 0 Å². The van der Waals surface area contributed by atoms with E-state index in [1.807, 2.05) is 12.1 Å². The van der Waals surface area contributed by atoms with Gasteiger partial charge in [0.15, 0.2) is 22.4 Å². The van der Waals surface area contributed by atoms with Crippen molar-refractivity contribution in [1.29, 1.82) is 5.26 Å². The van der Waals surface area contributed by atoms with Gasteiger partial charge in [0.25, 0.3) is 0 Å². The number of rotatable bonds is 5. The number of urea groups is 1. The highest BCUT2D eigenvalue weighted by molar-refractivity contribution is 8.17. The van der Waals surface area contributed by atoms with Crippen LogP contribution in [0.5, 0.6) is 11.5 Å². The van der Waals surface area contributed by atoms with Crippen molar-refractivity contribution in [3.05, 3.63) is 64.1 Å². The second-order valence-electron chi connectivity index (χ2n) is 8.38. The van der Waals surface area contributed by atoms with Crippen molar-refractivity contribution in [1.82, 2.24) is 0 Å². The molecule has 1 atom stereocenters. The molecule has 3 aliphatic rings. The Morgan fingerprint density at radius 1 is 1.12 bits per heavy atom. The average molecular weight is 475 g/mol. The Morgan fingerprint density at radius 3 is 2.68 bits per heavy atom. The molecule has 2 aliphatic heterocycles. The molecular formula is C26H24N3O4S+. The van der Waals surface area contributed by atoms with E-state index >= 15 is 0 Å². The molecule has 172 valence electrons. The largest absolute Gasteiger partial charge is 0.507 e. The first-order valence-electron chi connectivity index (χ1n) is 11.2. The molecule has 0 radical (unpaired) electrons. The van der Waals surface area contributed by atoms with Crippen LogP contribution in [-0.2, 0) is 11.3 Å². The smallest absolute Gasteiger partial charge is 0.497 e. The summed E-state index contributed by atoms with van der Waals surface area (Å²) < 4.78 is 12.5. The van der Waals surface area contributed by atoms with Gasteiger partial charge in [-0.15, -0.1) is 4.90 Å². The van der Waals surface area contributed by atoms with Gasteiger partial charge in [0, 0.05) is 11.6 Å². The van der Waals surface area contributed by atoms with Crippen LogP contribution >= 0.6 is 11.8 Å². The number of nitrogens with zero attached hydrogens (tertiary/aromatic N) is 3. The number of fused-ring (bicyclic) bond motifs is 2. The van der Waals surface area contributed by atoms with Gasteiger partial charge < -0.3 is 9.47 Å². The third kappa shape index (κ3) is 3.57. The predicted molar refractivity (Wildman–Crippen MR) is 129 cm³/mol. The van der Waals surface area contributed by atoms with Crippen molar-refractivity contribution >= 4 is 34.4 Å². The number of anilines is 1. The Kier molecular flexibility index (Phi) is 5.88. The van der Waals surface area contributed by atoms with Gasteiger partial charge in [0.05, 0.1) is 25.9 Å². The lowest BCUT2D eigenvalue weighted by Crippen LogP contribution is -2.53. The molecule has 1 aliphatic carbocycles. The fraction of sp³-hybridized carbons (Fsp3) is 0.308. The summed E-state index contributed by atoms with van der Waals surface area (Å²) in [7, 11) is 3.05. The number of thioether (sulfide) groups is 1. The molecule has 8 heteroatoms. The number of ether oxygens (including phenoxy) is 2. The van der Waals surface area contributed by atoms with Crippen molar-refractivity contribution in [2.45, 2.75) is 32.2 Å². The van der Waals surface area contributed by atoms with Crippen LogP contribution in [0.3, 0.4) is 0 Å². The molecule has 0 aromatic heterocycles. The van der Waals surface area contributed by atoms with Gasteiger partial charge in [0.2, 0.25) is 0 Å². The van der Waals surface area contributed by atoms with Crippen molar-refractivity contribution in [2.24, 2.45) is 5.92 Å². The van der Waals surface area contributed by atoms with Crippen molar-refractivity contribution in [3.63, 3.8) is 0 Å². The quantitative estimate of drug-likeness (QED) is 0.577. The zero-order valence-electron chi connectivity index (χ0n) is 19.0. The molecular weight excluding hydrogens is 450 g/mol. The minimum absolute atomic E-state index is 0.213. The van der Waals surface area contributed by atoms with E-state index in [1.54, 1.807) is 53.8 Å². The normalized spacial score (nSPS) is 19.7. The Bertz CT molecular complexity index is 1310. The lowest BCUT2D eigenvalue weighted by molar-refractivity contribution is -0.443. The molecule has 2 aromatic carbocycles. The number of imide groups is 1. The Morgan fingerprint density at radius 2 is 1.91 bits per heavy atom. The van der Waals surface area contributed by atoms with Gasteiger partial charge in [-0.05, 0) is 54.4 Å². The summed E-state index contributed by atoms with van der Waals surface area (Å²) >= 11 is 1.56. The molecule has 34 heavy (non-hydrogen) atoms. The number of hydrogen-bond donors (Lipinski definition) is 0. The summed E-state index contributed by atoms with van der Waals surface area (Å²) in [6.07, 6.45) is 3.90. The Balaban J connectivity index is 1.66. The predicted octanol–water partition coefficient (Wildman–Crippen LogP) is 4.84. The van der Waals surface area contributed by atoms with Crippen molar-refractivity contribution in [2.75, 3.05) is 19.1 Å². The maximum atomic E-state index is 13.9. The SMILES string of the molecule is COc1ccc(N2C(=O)C3C4=C(CCCC4)SC3=[N+](Cc3ccccc3C#N)C2=O)c(OC)c1. The fourth-order valence-electron chi connectivity index (χ4n) is 4.84. The molecule has 0 N–H and O–H groups in total. The van der Waals surface area contributed by atoms with E-state index in [4.69, 9.17) is 9.47 Å². The van der Waals surface area contributed by atoms with E-state index in [9.17, 15) is 14.9 Å². The van der Waals surface area contributed by atoms with E-state index < -0.39 is 11.9 Å². The van der Waals surface area contributed by atoms with Crippen LogP contribution in [0.4, 0.5) is 10.5 Å². The van der Waals surface area contributed by atoms with Gasteiger partial charge in [-0.1, -0.05) is 30.0 Å².